The van der Waals surface area contributed by atoms with Crippen LogP contribution in [0.3, 0.4) is 0 Å². The molecule has 0 aromatic heterocycles. The van der Waals surface area contributed by atoms with Crippen molar-refractivity contribution in [3.05, 3.63) is 23.8 Å². The number of rotatable bonds is 2. The van der Waals surface area contributed by atoms with E-state index in [9.17, 15) is 0 Å². The lowest BCUT2D eigenvalue weighted by Gasteiger charge is -2.01. The molecule has 0 aliphatic carbocycles. The molecule has 0 spiro atoms. The summed E-state index contributed by atoms with van der Waals surface area (Å²) in [5.74, 6) is 0.130. The fourth-order valence-corrected chi connectivity index (χ4v) is 0.926. The Bertz CT molecular complexity index is 253. The summed E-state index contributed by atoms with van der Waals surface area (Å²) < 4.78 is 0. The number of nitrogen functional groups attached to an aromatic ring is 1. The third-order valence-corrected chi connectivity index (χ3v) is 1.52. The van der Waals surface area contributed by atoms with Crippen molar-refractivity contribution in [3.8, 4) is 5.75 Å². The lowest BCUT2D eigenvalue weighted by Crippen LogP contribution is -2.02. The van der Waals surface area contributed by atoms with Crippen LogP contribution in [-0.4, -0.2) is 11.7 Å². The summed E-state index contributed by atoms with van der Waals surface area (Å²) in [4.78, 5) is 0. The van der Waals surface area contributed by atoms with Gasteiger partial charge in [0, 0.05) is 0 Å². The van der Waals surface area contributed by atoms with Gasteiger partial charge in [-0.25, -0.2) is 0 Å². The molecule has 0 unspecified atom stereocenters. The highest BCUT2D eigenvalue weighted by Gasteiger charge is 1.96. The fourth-order valence-electron chi connectivity index (χ4n) is 0.926. The summed E-state index contributed by atoms with van der Waals surface area (Å²) in [5.41, 5.74) is 12.3. The Morgan fingerprint density at radius 1 is 1.33 bits per heavy atom. The number of nitrogens with two attached hydrogens (primary N) is 2. The standard InChI is InChI=1S/C8H12N2O.ClH/c9-4-3-6-1-2-8(11)7(10)5-6;/h1-2,5,11H,3-4,9-10H2;1H. The molecule has 0 fully saturated rings. The highest BCUT2D eigenvalue weighted by Crippen LogP contribution is 2.20. The van der Waals surface area contributed by atoms with Gasteiger partial charge in [0.05, 0.1) is 5.69 Å². The molecular weight excluding hydrogens is 176 g/mol. The maximum absolute atomic E-state index is 9.06. The quantitative estimate of drug-likeness (QED) is 0.477. The second kappa shape index (κ2) is 4.85. The summed E-state index contributed by atoms with van der Waals surface area (Å²) in [5, 5.41) is 9.06. The van der Waals surface area contributed by atoms with Gasteiger partial charge in [-0.2, -0.15) is 0 Å². The van der Waals surface area contributed by atoms with Crippen LogP contribution in [0.5, 0.6) is 5.75 Å². The lowest BCUT2D eigenvalue weighted by atomic mass is 10.1. The van der Waals surface area contributed by atoms with Gasteiger partial charge in [-0.3, -0.25) is 0 Å². The number of aromatic hydroxyl groups is 1. The van der Waals surface area contributed by atoms with Crippen LogP contribution in [0.1, 0.15) is 5.56 Å². The molecule has 0 amide bonds. The molecule has 1 rings (SSSR count). The summed E-state index contributed by atoms with van der Waals surface area (Å²) >= 11 is 0. The number of hydrogen-bond acceptors (Lipinski definition) is 3. The normalized spacial score (nSPS) is 9.08. The summed E-state index contributed by atoms with van der Waals surface area (Å²) in [7, 11) is 0. The molecule has 0 heterocycles. The van der Waals surface area contributed by atoms with Crippen molar-refractivity contribution in [1.82, 2.24) is 0 Å². The van der Waals surface area contributed by atoms with Crippen LogP contribution < -0.4 is 11.5 Å². The van der Waals surface area contributed by atoms with E-state index in [2.05, 4.69) is 0 Å². The number of phenols is 1. The van der Waals surface area contributed by atoms with Crippen LogP contribution in [0.25, 0.3) is 0 Å². The molecule has 0 aliphatic rings. The van der Waals surface area contributed by atoms with Crippen molar-refractivity contribution in [3.63, 3.8) is 0 Å². The van der Waals surface area contributed by atoms with E-state index < -0.39 is 0 Å². The van der Waals surface area contributed by atoms with E-state index in [0.717, 1.165) is 12.0 Å². The number of benzene rings is 1. The van der Waals surface area contributed by atoms with Crippen molar-refractivity contribution in [1.29, 1.82) is 0 Å². The van der Waals surface area contributed by atoms with E-state index in [4.69, 9.17) is 16.6 Å². The zero-order valence-electron chi connectivity index (χ0n) is 6.66. The Labute approximate surface area is 77.8 Å². The van der Waals surface area contributed by atoms with Gasteiger partial charge in [0.2, 0.25) is 0 Å². The highest BCUT2D eigenvalue weighted by atomic mass is 35.5. The molecular formula is C8H13ClN2O. The van der Waals surface area contributed by atoms with Gasteiger partial charge < -0.3 is 16.6 Å². The molecule has 68 valence electrons. The van der Waals surface area contributed by atoms with Crippen LogP contribution in [-0.2, 0) is 6.42 Å². The summed E-state index contributed by atoms with van der Waals surface area (Å²) in [6, 6.07) is 5.14. The van der Waals surface area contributed by atoms with E-state index in [1.165, 1.54) is 0 Å². The third-order valence-electron chi connectivity index (χ3n) is 1.52. The lowest BCUT2D eigenvalue weighted by molar-refractivity contribution is 0.478. The van der Waals surface area contributed by atoms with E-state index in [-0.39, 0.29) is 18.2 Å². The Morgan fingerprint density at radius 3 is 2.50 bits per heavy atom. The van der Waals surface area contributed by atoms with Crippen molar-refractivity contribution < 1.29 is 5.11 Å². The van der Waals surface area contributed by atoms with Crippen molar-refractivity contribution >= 4 is 18.1 Å². The highest BCUT2D eigenvalue weighted by molar-refractivity contribution is 5.85. The molecule has 0 aliphatic heterocycles. The van der Waals surface area contributed by atoms with Gasteiger partial charge >= 0.3 is 0 Å². The van der Waals surface area contributed by atoms with E-state index in [1.54, 1.807) is 12.1 Å². The summed E-state index contributed by atoms with van der Waals surface area (Å²) in [6.07, 6.45) is 0.796. The number of phenolic OH excluding ortho intramolecular Hbond substituents is 1. The number of anilines is 1. The third kappa shape index (κ3) is 2.60. The molecule has 4 heteroatoms. The molecule has 3 nitrogen and oxygen atoms in total. The van der Waals surface area contributed by atoms with Crippen LogP contribution in [0.2, 0.25) is 0 Å². The van der Waals surface area contributed by atoms with Crippen LogP contribution in [0.15, 0.2) is 18.2 Å². The predicted octanol–water partition coefficient (Wildman–Crippen LogP) is 0.897. The molecule has 1 aromatic carbocycles. The maximum atomic E-state index is 9.06. The first kappa shape index (κ1) is 11.1. The van der Waals surface area contributed by atoms with Crippen LogP contribution >= 0.6 is 12.4 Å². The van der Waals surface area contributed by atoms with Gasteiger partial charge in [-0.15, -0.1) is 12.4 Å². The monoisotopic (exact) mass is 188 g/mol. The molecule has 0 saturated heterocycles. The van der Waals surface area contributed by atoms with Crippen LogP contribution in [0.4, 0.5) is 5.69 Å². The average molecular weight is 189 g/mol. The van der Waals surface area contributed by atoms with Gasteiger partial charge in [0.15, 0.2) is 0 Å². The molecule has 12 heavy (non-hydrogen) atoms. The van der Waals surface area contributed by atoms with Gasteiger partial charge in [0.1, 0.15) is 5.75 Å². The minimum absolute atomic E-state index is 0. The summed E-state index contributed by atoms with van der Waals surface area (Å²) in [6.45, 7) is 0.601. The minimum atomic E-state index is 0. The molecule has 0 radical (unpaired) electrons. The molecule has 0 atom stereocenters. The zero-order chi connectivity index (χ0) is 8.27. The Hall–Kier alpha value is -0.930. The first-order valence-electron chi connectivity index (χ1n) is 3.51. The fraction of sp³-hybridized carbons (Fsp3) is 0.250. The Kier molecular flexibility index (Phi) is 4.47. The first-order valence-corrected chi connectivity index (χ1v) is 3.51. The average Bonchev–Trinajstić information content (AvgIpc) is 1.98. The second-order valence-electron chi connectivity index (χ2n) is 2.43. The molecule has 5 N–H and O–H groups in total. The van der Waals surface area contributed by atoms with E-state index >= 15 is 0 Å². The van der Waals surface area contributed by atoms with Crippen molar-refractivity contribution in [2.75, 3.05) is 12.3 Å². The van der Waals surface area contributed by atoms with Gasteiger partial charge in [-0.05, 0) is 30.7 Å². The molecule has 1 aromatic rings. The van der Waals surface area contributed by atoms with Gasteiger partial charge in [0.25, 0.3) is 0 Å². The number of halogens is 1. The van der Waals surface area contributed by atoms with Crippen molar-refractivity contribution in [2.24, 2.45) is 5.73 Å². The predicted molar refractivity (Wildman–Crippen MR) is 52.5 cm³/mol. The van der Waals surface area contributed by atoms with E-state index in [1.807, 2.05) is 6.07 Å². The Balaban J connectivity index is 0.00000121. The number of hydrogen-bond donors (Lipinski definition) is 3. The molecule has 0 bridgehead atoms. The molecule has 0 saturated carbocycles. The SMILES string of the molecule is Cl.NCCc1ccc(O)c(N)c1. The maximum Gasteiger partial charge on any atom is 0.138 e. The topological polar surface area (TPSA) is 72.3 Å². The second-order valence-corrected chi connectivity index (χ2v) is 2.43. The van der Waals surface area contributed by atoms with Crippen LogP contribution in [0, 0.1) is 0 Å². The minimum Gasteiger partial charge on any atom is -0.506 e. The smallest absolute Gasteiger partial charge is 0.138 e. The Morgan fingerprint density at radius 2 is 2.00 bits per heavy atom. The zero-order valence-corrected chi connectivity index (χ0v) is 7.47. The van der Waals surface area contributed by atoms with Gasteiger partial charge in [-0.1, -0.05) is 6.07 Å². The van der Waals surface area contributed by atoms with Crippen molar-refractivity contribution in [2.45, 2.75) is 6.42 Å². The first-order chi connectivity index (χ1) is 5.24. The van der Waals surface area contributed by atoms with E-state index in [0.29, 0.717) is 12.2 Å². The largest absolute Gasteiger partial charge is 0.506 e.